The fourth-order valence-corrected chi connectivity index (χ4v) is 3.77. The van der Waals surface area contributed by atoms with Crippen molar-refractivity contribution in [3.63, 3.8) is 0 Å². The Morgan fingerprint density at radius 2 is 1.54 bits per heavy atom. The van der Waals surface area contributed by atoms with Gasteiger partial charge in [-0.05, 0) is 41.5 Å². The topological polar surface area (TPSA) is 67.6 Å². The molecule has 1 aliphatic rings. The Morgan fingerprint density at radius 1 is 0.857 bits per heavy atom. The number of benzene rings is 3. The van der Waals surface area contributed by atoms with Crippen LogP contribution in [0.15, 0.2) is 63.8 Å². The number of halogens is 1. The molecule has 2 heterocycles. The quantitative estimate of drug-likeness (QED) is 0.355. The minimum absolute atomic E-state index is 0.123. The summed E-state index contributed by atoms with van der Waals surface area (Å²) >= 11 is 5.98. The number of imide groups is 1. The molecule has 0 atom stereocenters. The van der Waals surface area contributed by atoms with E-state index >= 15 is 0 Å². The lowest BCUT2D eigenvalue weighted by Gasteiger charge is -2.10. The average Bonchev–Trinajstić information content (AvgIpc) is 2.93. The summed E-state index contributed by atoms with van der Waals surface area (Å²) in [5.41, 5.74) is 1.81. The van der Waals surface area contributed by atoms with Gasteiger partial charge in [-0.3, -0.25) is 19.3 Å². The molecule has 0 saturated carbocycles. The molecule has 28 heavy (non-hydrogen) atoms. The van der Waals surface area contributed by atoms with Crippen LogP contribution in [-0.2, 0) is 0 Å². The lowest BCUT2D eigenvalue weighted by Crippen LogP contribution is -2.24. The molecule has 3 aromatic carbocycles. The molecule has 1 aliphatic heterocycles. The van der Waals surface area contributed by atoms with Crippen molar-refractivity contribution in [2.45, 2.75) is 0 Å². The standard InChI is InChI=1S/C22H12ClNO4/c1-24-21(26)17-14(11-6-8-12(23)9-7-11)10-15-19(25)13-4-2-3-5-16(13)28-20(15)18(17)22(24)27/h2-10H,1H3. The highest BCUT2D eigenvalue weighted by Crippen LogP contribution is 2.38. The summed E-state index contributed by atoms with van der Waals surface area (Å²) in [5.74, 6) is -0.915. The van der Waals surface area contributed by atoms with E-state index in [1.807, 2.05) is 0 Å². The molecule has 0 bridgehead atoms. The van der Waals surface area contributed by atoms with E-state index in [2.05, 4.69) is 0 Å². The highest BCUT2D eigenvalue weighted by Gasteiger charge is 2.38. The van der Waals surface area contributed by atoms with E-state index in [9.17, 15) is 14.4 Å². The Morgan fingerprint density at radius 3 is 2.29 bits per heavy atom. The fraction of sp³-hybridized carbons (Fsp3) is 0.0455. The molecule has 0 fully saturated rings. The predicted molar refractivity (Wildman–Crippen MR) is 107 cm³/mol. The molecule has 136 valence electrons. The van der Waals surface area contributed by atoms with Crippen LogP contribution in [0.25, 0.3) is 33.1 Å². The number of fused-ring (bicyclic) bond motifs is 4. The van der Waals surface area contributed by atoms with Gasteiger partial charge in [0, 0.05) is 12.1 Å². The largest absolute Gasteiger partial charge is 0.455 e. The normalized spacial score (nSPS) is 13.6. The van der Waals surface area contributed by atoms with Crippen LogP contribution in [0.4, 0.5) is 0 Å². The molecule has 4 aromatic rings. The van der Waals surface area contributed by atoms with Crippen molar-refractivity contribution in [2.24, 2.45) is 0 Å². The molecular weight excluding hydrogens is 378 g/mol. The number of hydrogen-bond acceptors (Lipinski definition) is 4. The Balaban J connectivity index is 1.99. The van der Waals surface area contributed by atoms with Gasteiger partial charge in [-0.25, -0.2) is 0 Å². The third kappa shape index (κ3) is 2.17. The zero-order valence-corrected chi connectivity index (χ0v) is 15.4. The summed E-state index contributed by atoms with van der Waals surface area (Å²) in [5, 5.41) is 1.23. The highest BCUT2D eigenvalue weighted by atomic mass is 35.5. The summed E-state index contributed by atoms with van der Waals surface area (Å²) < 4.78 is 5.93. The van der Waals surface area contributed by atoms with Gasteiger partial charge in [-0.1, -0.05) is 35.9 Å². The first-order chi connectivity index (χ1) is 13.5. The van der Waals surface area contributed by atoms with Crippen molar-refractivity contribution >= 4 is 45.4 Å². The SMILES string of the molecule is CN1C(=O)c2c(-c3ccc(Cl)cc3)cc3c(=O)c4ccccc4oc3c2C1=O. The van der Waals surface area contributed by atoms with Gasteiger partial charge in [0.25, 0.3) is 11.8 Å². The first-order valence-corrected chi connectivity index (χ1v) is 8.96. The minimum Gasteiger partial charge on any atom is -0.455 e. The Hall–Kier alpha value is -3.44. The molecule has 1 aromatic heterocycles. The zero-order chi connectivity index (χ0) is 19.6. The van der Waals surface area contributed by atoms with Gasteiger partial charge in [0.1, 0.15) is 5.58 Å². The van der Waals surface area contributed by atoms with Gasteiger partial charge in [0.15, 0.2) is 5.58 Å². The van der Waals surface area contributed by atoms with Crippen molar-refractivity contribution in [1.29, 1.82) is 0 Å². The van der Waals surface area contributed by atoms with E-state index in [0.717, 1.165) is 4.90 Å². The van der Waals surface area contributed by atoms with Gasteiger partial charge in [-0.2, -0.15) is 0 Å². The monoisotopic (exact) mass is 389 g/mol. The number of rotatable bonds is 1. The maximum Gasteiger partial charge on any atom is 0.265 e. The number of nitrogens with zero attached hydrogens (tertiary/aromatic N) is 1. The second kappa shape index (κ2) is 5.78. The third-order valence-electron chi connectivity index (χ3n) is 5.06. The molecule has 5 rings (SSSR count). The smallest absolute Gasteiger partial charge is 0.265 e. The van der Waals surface area contributed by atoms with Crippen LogP contribution in [0.5, 0.6) is 0 Å². The maximum absolute atomic E-state index is 13.1. The highest BCUT2D eigenvalue weighted by molar-refractivity contribution is 6.31. The van der Waals surface area contributed by atoms with Crippen LogP contribution < -0.4 is 5.43 Å². The van der Waals surface area contributed by atoms with Crippen molar-refractivity contribution in [3.05, 3.63) is 81.0 Å². The van der Waals surface area contributed by atoms with E-state index in [0.29, 0.717) is 27.1 Å². The molecule has 6 heteroatoms. The number of para-hydroxylation sites is 1. The summed E-state index contributed by atoms with van der Waals surface area (Å²) in [4.78, 5) is 39.8. The van der Waals surface area contributed by atoms with Gasteiger partial charge < -0.3 is 4.42 Å². The van der Waals surface area contributed by atoms with E-state index in [1.165, 1.54) is 7.05 Å². The number of hydrogen-bond donors (Lipinski definition) is 0. The van der Waals surface area contributed by atoms with Crippen LogP contribution in [-0.4, -0.2) is 23.8 Å². The molecule has 0 aliphatic carbocycles. The molecular formula is C22H12ClNO4. The lowest BCUT2D eigenvalue weighted by molar-refractivity contribution is 0.0693. The summed E-state index contributed by atoms with van der Waals surface area (Å²) in [6.07, 6.45) is 0. The lowest BCUT2D eigenvalue weighted by atomic mass is 9.93. The fourth-order valence-electron chi connectivity index (χ4n) is 3.65. The molecule has 2 amide bonds. The predicted octanol–water partition coefficient (Wildman–Crippen LogP) is 4.49. The second-order valence-corrected chi connectivity index (χ2v) is 7.09. The summed E-state index contributed by atoms with van der Waals surface area (Å²) in [6, 6.07) is 15.4. The van der Waals surface area contributed by atoms with Crippen molar-refractivity contribution in [1.82, 2.24) is 4.90 Å². The van der Waals surface area contributed by atoms with Gasteiger partial charge in [0.2, 0.25) is 5.43 Å². The van der Waals surface area contributed by atoms with Gasteiger partial charge in [-0.15, -0.1) is 0 Å². The van der Waals surface area contributed by atoms with E-state index in [-0.39, 0.29) is 27.5 Å². The van der Waals surface area contributed by atoms with E-state index < -0.39 is 11.8 Å². The average molecular weight is 390 g/mol. The molecule has 0 saturated heterocycles. The number of carbonyl (C=O) groups is 2. The second-order valence-electron chi connectivity index (χ2n) is 6.65. The Kier molecular flexibility index (Phi) is 3.45. The minimum atomic E-state index is -0.487. The number of carbonyl (C=O) groups excluding carboxylic acids is 2. The summed E-state index contributed by atoms with van der Waals surface area (Å²) in [6.45, 7) is 0. The van der Waals surface area contributed by atoms with Crippen LogP contribution in [0.2, 0.25) is 5.02 Å². The van der Waals surface area contributed by atoms with E-state index in [1.54, 1.807) is 54.6 Å². The summed E-state index contributed by atoms with van der Waals surface area (Å²) in [7, 11) is 1.42. The van der Waals surface area contributed by atoms with Crippen LogP contribution in [0.3, 0.4) is 0 Å². The van der Waals surface area contributed by atoms with Crippen molar-refractivity contribution in [2.75, 3.05) is 7.05 Å². The zero-order valence-electron chi connectivity index (χ0n) is 14.7. The van der Waals surface area contributed by atoms with Crippen molar-refractivity contribution in [3.8, 4) is 11.1 Å². The van der Waals surface area contributed by atoms with E-state index in [4.69, 9.17) is 16.0 Å². The maximum atomic E-state index is 13.1. The third-order valence-corrected chi connectivity index (χ3v) is 5.31. The molecule has 0 N–H and O–H groups in total. The Bertz CT molecular complexity index is 1390. The van der Waals surface area contributed by atoms with Crippen molar-refractivity contribution < 1.29 is 14.0 Å². The molecule has 5 nitrogen and oxygen atoms in total. The van der Waals surface area contributed by atoms with Crippen LogP contribution in [0.1, 0.15) is 20.7 Å². The van der Waals surface area contributed by atoms with Crippen LogP contribution >= 0.6 is 11.6 Å². The van der Waals surface area contributed by atoms with Gasteiger partial charge in [0.05, 0.1) is 21.9 Å². The van der Waals surface area contributed by atoms with Crippen LogP contribution in [0, 0.1) is 0 Å². The van der Waals surface area contributed by atoms with Gasteiger partial charge >= 0.3 is 0 Å². The first-order valence-electron chi connectivity index (χ1n) is 8.58. The molecule has 0 radical (unpaired) electrons. The molecule has 0 spiro atoms. The number of amides is 2. The first kappa shape index (κ1) is 16.7. The Labute approximate surface area is 163 Å². The molecule has 0 unspecified atom stereocenters.